The van der Waals surface area contributed by atoms with Gasteiger partial charge in [0.15, 0.2) is 5.78 Å². The molecule has 2 amide bonds. The molecule has 0 atom stereocenters. The summed E-state index contributed by atoms with van der Waals surface area (Å²) in [4.78, 5) is 27.9. The summed E-state index contributed by atoms with van der Waals surface area (Å²) in [6.45, 7) is 1.74. The van der Waals surface area contributed by atoms with E-state index in [-0.39, 0.29) is 11.5 Å². The first kappa shape index (κ1) is 22.6. The molecule has 0 aliphatic rings. The van der Waals surface area contributed by atoms with E-state index < -0.39 is 23.5 Å². The number of alkyl halides is 3. The molecule has 0 saturated heterocycles. The van der Waals surface area contributed by atoms with Crippen LogP contribution in [0, 0.1) is 0 Å². The van der Waals surface area contributed by atoms with Gasteiger partial charge in [-0.25, -0.2) is 4.79 Å². The highest BCUT2D eigenvalue weighted by Gasteiger charge is 2.33. The Morgan fingerprint density at radius 1 is 0.969 bits per heavy atom. The summed E-state index contributed by atoms with van der Waals surface area (Å²) in [6.07, 6.45) is -2.83. The smallest absolute Gasteiger partial charge is 0.418 e. The van der Waals surface area contributed by atoms with Gasteiger partial charge < -0.3 is 21.1 Å². The molecule has 2 aromatic carbocycles. The fourth-order valence-corrected chi connectivity index (χ4v) is 2.72. The lowest BCUT2D eigenvalue weighted by molar-refractivity contribution is -0.136. The number of anilines is 3. The van der Waals surface area contributed by atoms with Crippen LogP contribution in [0.1, 0.15) is 29.4 Å². The number of carbonyl (C=O) groups excluding carboxylic acids is 2. The number of benzene rings is 2. The minimum atomic E-state index is -4.63. The number of rotatable bonds is 6. The second kappa shape index (κ2) is 9.38. The Balaban J connectivity index is 1.62. The first-order valence-electron chi connectivity index (χ1n) is 9.47. The van der Waals surface area contributed by atoms with Crippen LogP contribution in [0.25, 0.3) is 0 Å². The lowest BCUT2D eigenvalue weighted by Gasteiger charge is -2.13. The SMILES string of the molecule is CCC(=O)c1cc(Oc2ccc(NC(=O)Nc3ccc(N)c(C(F)(F)F)c3)cc2)ccn1. The maximum atomic E-state index is 12.9. The Morgan fingerprint density at radius 2 is 1.62 bits per heavy atom. The van der Waals surface area contributed by atoms with Crippen LogP contribution >= 0.6 is 0 Å². The quantitative estimate of drug-likeness (QED) is 0.333. The number of hydrogen-bond acceptors (Lipinski definition) is 5. The average molecular weight is 444 g/mol. The van der Waals surface area contributed by atoms with E-state index in [2.05, 4.69) is 15.6 Å². The number of pyridine rings is 1. The summed E-state index contributed by atoms with van der Waals surface area (Å²) in [5, 5.41) is 4.84. The number of aromatic nitrogens is 1. The molecule has 10 heteroatoms. The lowest BCUT2D eigenvalue weighted by atomic mass is 10.1. The summed E-state index contributed by atoms with van der Waals surface area (Å²) < 4.78 is 44.5. The topological polar surface area (TPSA) is 106 Å². The van der Waals surface area contributed by atoms with E-state index in [0.717, 1.165) is 12.1 Å². The van der Waals surface area contributed by atoms with Gasteiger partial charge in [-0.2, -0.15) is 13.2 Å². The highest BCUT2D eigenvalue weighted by molar-refractivity contribution is 6.00. The zero-order chi connectivity index (χ0) is 23.3. The summed E-state index contributed by atoms with van der Waals surface area (Å²) in [5.74, 6) is 0.772. The average Bonchev–Trinajstić information content (AvgIpc) is 2.75. The van der Waals surface area contributed by atoms with Crippen LogP contribution in [0.4, 0.5) is 35.0 Å². The number of amides is 2. The van der Waals surface area contributed by atoms with Crippen LogP contribution in [0.2, 0.25) is 0 Å². The molecule has 0 spiro atoms. The number of nitrogens with zero attached hydrogens (tertiary/aromatic N) is 1. The van der Waals surface area contributed by atoms with Crippen molar-refractivity contribution in [1.82, 2.24) is 4.98 Å². The van der Waals surface area contributed by atoms with Crippen molar-refractivity contribution < 1.29 is 27.5 Å². The molecule has 1 aromatic heterocycles. The van der Waals surface area contributed by atoms with Gasteiger partial charge >= 0.3 is 12.2 Å². The van der Waals surface area contributed by atoms with Gasteiger partial charge in [0.25, 0.3) is 0 Å². The number of hydrogen-bond donors (Lipinski definition) is 3. The first-order chi connectivity index (χ1) is 15.2. The second-order valence-electron chi connectivity index (χ2n) is 6.66. The van der Waals surface area contributed by atoms with Crippen LogP contribution < -0.4 is 21.1 Å². The number of urea groups is 1. The van der Waals surface area contributed by atoms with E-state index in [1.807, 2.05) is 0 Å². The van der Waals surface area contributed by atoms with Crippen LogP contribution in [-0.2, 0) is 6.18 Å². The van der Waals surface area contributed by atoms with Gasteiger partial charge in [0.05, 0.1) is 5.56 Å². The van der Waals surface area contributed by atoms with Gasteiger partial charge in [-0.05, 0) is 48.5 Å². The van der Waals surface area contributed by atoms with Crippen LogP contribution in [0.3, 0.4) is 0 Å². The third-order valence-corrected chi connectivity index (χ3v) is 4.30. The van der Waals surface area contributed by atoms with Crippen LogP contribution in [-0.4, -0.2) is 16.8 Å². The summed E-state index contributed by atoms with van der Waals surface area (Å²) >= 11 is 0. The maximum Gasteiger partial charge on any atom is 0.418 e. The highest BCUT2D eigenvalue weighted by Crippen LogP contribution is 2.35. The van der Waals surface area contributed by atoms with Crippen molar-refractivity contribution >= 4 is 28.9 Å². The third kappa shape index (κ3) is 5.75. The van der Waals surface area contributed by atoms with E-state index in [9.17, 15) is 22.8 Å². The Morgan fingerprint density at radius 3 is 2.28 bits per heavy atom. The molecule has 0 radical (unpaired) electrons. The molecule has 0 fully saturated rings. The molecular weight excluding hydrogens is 425 g/mol. The molecule has 0 aliphatic heterocycles. The minimum absolute atomic E-state index is 0.0564. The van der Waals surface area contributed by atoms with Crippen molar-refractivity contribution in [3.8, 4) is 11.5 Å². The molecule has 0 saturated carbocycles. The number of nitrogens with one attached hydrogen (secondary N) is 2. The number of Topliss-reactive ketones (excluding diaryl/α,β-unsaturated/α-hetero) is 1. The maximum absolute atomic E-state index is 12.9. The number of nitrogen functional groups attached to an aromatic ring is 1. The van der Waals surface area contributed by atoms with E-state index in [1.165, 1.54) is 18.3 Å². The molecule has 0 aliphatic carbocycles. The van der Waals surface area contributed by atoms with E-state index >= 15 is 0 Å². The fourth-order valence-electron chi connectivity index (χ4n) is 2.72. The normalized spacial score (nSPS) is 11.0. The van der Waals surface area contributed by atoms with Crippen molar-refractivity contribution in [3.05, 3.63) is 72.1 Å². The number of carbonyl (C=O) groups is 2. The predicted molar refractivity (Wildman–Crippen MR) is 114 cm³/mol. The van der Waals surface area contributed by atoms with Crippen molar-refractivity contribution in [3.63, 3.8) is 0 Å². The Bertz CT molecular complexity index is 1130. The Hall–Kier alpha value is -4.08. The Kier molecular flexibility index (Phi) is 6.62. The molecule has 4 N–H and O–H groups in total. The molecular formula is C22H19F3N4O3. The van der Waals surface area contributed by atoms with Gasteiger partial charge in [0, 0.05) is 35.7 Å². The Labute approximate surface area is 181 Å². The molecule has 3 aromatic rings. The van der Waals surface area contributed by atoms with Gasteiger partial charge in [0.1, 0.15) is 17.2 Å². The predicted octanol–water partition coefficient (Wildman–Crippen LogP) is 5.71. The molecule has 3 rings (SSSR count). The van der Waals surface area contributed by atoms with Gasteiger partial charge in [0.2, 0.25) is 0 Å². The number of nitrogens with two attached hydrogens (primary N) is 1. The standard InChI is InChI=1S/C22H19F3N4O3/c1-2-20(30)19-12-16(9-10-27-19)32-15-6-3-13(4-7-15)28-21(31)29-14-5-8-18(26)17(11-14)22(23,24)25/h3-12H,2,26H2,1H3,(H2,28,29,31). The number of ketones is 1. The fraction of sp³-hybridized carbons (Fsp3) is 0.136. The number of ether oxygens (including phenoxy) is 1. The highest BCUT2D eigenvalue weighted by atomic mass is 19.4. The summed E-state index contributed by atoms with van der Waals surface area (Å²) in [7, 11) is 0. The summed E-state index contributed by atoms with van der Waals surface area (Å²) in [5.41, 5.74) is 4.52. The number of halogens is 3. The lowest BCUT2D eigenvalue weighted by Crippen LogP contribution is -2.20. The zero-order valence-corrected chi connectivity index (χ0v) is 16.9. The molecule has 7 nitrogen and oxygen atoms in total. The molecule has 0 bridgehead atoms. The summed E-state index contributed by atoms with van der Waals surface area (Å²) in [6, 6.07) is 11.8. The van der Waals surface area contributed by atoms with Crippen molar-refractivity contribution in [2.45, 2.75) is 19.5 Å². The van der Waals surface area contributed by atoms with Crippen molar-refractivity contribution in [2.24, 2.45) is 0 Å². The van der Waals surface area contributed by atoms with Crippen LogP contribution in [0.15, 0.2) is 60.8 Å². The van der Waals surface area contributed by atoms with E-state index in [1.54, 1.807) is 37.3 Å². The van der Waals surface area contributed by atoms with Crippen molar-refractivity contribution in [2.75, 3.05) is 16.4 Å². The van der Waals surface area contributed by atoms with Crippen LogP contribution in [0.5, 0.6) is 11.5 Å². The second-order valence-corrected chi connectivity index (χ2v) is 6.66. The zero-order valence-electron chi connectivity index (χ0n) is 16.9. The van der Waals surface area contributed by atoms with Gasteiger partial charge in [-0.1, -0.05) is 6.92 Å². The largest absolute Gasteiger partial charge is 0.457 e. The van der Waals surface area contributed by atoms with Gasteiger partial charge in [-0.3, -0.25) is 9.78 Å². The monoisotopic (exact) mass is 444 g/mol. The third-order valence-electron chi connectivity index (χ3n) is 4.30. The van der Waals surface area contributed by atoms with Crippen molar-refractivity contribution in [1.29, 1.82) is 0 Å². The molecule has 0 unspecified atom stereocenters. The minimum Gasteiger partial charge on any atom is -0.457 e. The first-order valence-corrected chi connectivity index (χ1v) is 9.47. The van der Waals surface area contributed by atoms with Gasteiger partial charge in [-0.15, -0.1) is 0 Å². The molecule has 32 heavy (non-hydrogen) atoms. The van der Waals surface area contributed by atoms with E-state index in [4.69, 9.17) is 10.5 Å². The van der Waals surface area contributed by atoms with E-state index in [0.29, 0.717) is 29.3 Å². The molecule has 166 valence electrons. The molecule has 1 heterocycles.